The molecule has 0 aliphatic rings. The second-order valence-electron chi connectivity index (χ2n) is 5.63. The van der Waals surface area contributed by atoms with Gasteiger partial charge in [-0.05, 0) is 11.6 Å². The molecule has 27 heavy (non-hydrogen) atoms. The highest BCUT2D eigenvalue weighted by Gasteiger charge is 2.21. The van der Waals surface area contributed by atoms with Gasteiger partial charge in [0.1, 0.15) is 12.1 Å². The highest BCUT2D eigenvalue weighted by molar-refractivity contribution is 9.10. The van der Waals surface area contributed by atoms with E-state index < -0.39 is 40.2 Å². The van der Waals surface area contributed by atoms with Crippen molar-refractivity contribution in [2.45, 2.75) is 13.1 Å². The van der Waals surface area contributed by atoms with Crippen molar-refractivity contribution in [3.8, 4) is 0 Å². The van der Waals surface area contributed by atoms with E-state index in [1.54, 1.807) is 7.05 Å². The lowest BCUT2D eigenvalue weighted by molar-refractivity contribution is -0.385. The van der Waals surface area contributed by atoms with Gasteiger partial charge < -0.3 is 9.64 Å². The molecule has 1 heterocycles. The third kappa shape index (κ3) is 4.79. The van der Waals surface area contributed by atoms with Crippen molar-refractivity contribution in [1.82, 2.24) is 9.47 Å². The number of likely N-dealkylation sites (N-methyl/N-ethyl adjacent to an activating group) is 1. The van der Waals surface area contributed by atoms with Gasteiger partial charge in [0.25, 0.3) is 11.2 Å². The smallest absolute Gasteiger partial charge is 0.343 e. The lowest BCUT2D eigenvalue weighted by Gasteiger charge is -2.19. The van der Waals surface area contributed by atoms with Gasteiger partial charge in [-0.1, -0.05) is 34.1 Å². The Hall–Kier alpha value is -3.01. The number of halogens is 1. The number of rotatable bonds is 6. The minimum absolute atomic E-state index is 0.272. The first-order valence-electron chi connectivity index (χ1n) is 7.69. The fourth-order valence-electron chi connectivity index (χ4n) is 2.33. The van der Waals surface area contributed by atoms with Gasteiger partial charge in [0.15, 0.2) is 0 Å². The fraction of sp³-hybridized carbons (Fsp3) is 0.235. The monoisotopic (exact) mass is 437 g/mol. The highest BCUT2D eigenvalue weighted by Crippen LogP contribution is 2.17. The molecule has 0 aliphatic carbocycles. The Bertz CT molecular complexity index is 956. The molecule has 0 saturated carbocycles. The van der Waals surface area contributed by atoms with Gasteiger partial charge in [-0.3, -0.25) is 24.3 Å². The molecule has 0 spiro atoms. The van der Waals surface area contributed by atoms with Gasteiger partial charge in [-0.15, -0.1) is 0 Å². The zero-order chi connectivity index (χ0) is 20.1. The number of ether oxygens (including phenoxy) is 1. The summed E-state index contributed by atoms with van der Waals surface area (Å²) in [6.45, 7) is -0.181. The molecule has 1 aromatic heterocycles. The van der Waals surface area contributed by atoms with Crippen LogP contribution < -0.4 is 5.56 Å². The van der Waals surface area contributed by atoms with E-state index in [2.05, 4.69) is 20.7 Å². The number of carbonyl (C=O) groups is 2. The highest BCUT2D eigenvalue weighted by atomic mass is 79.9. The molecule has 1 amide bonds. The van der Waals surface area contributed by atoms with Crippen molar-refractivity contribution in [2.75, 3.05) is 14.2 Å². The van der Waals surface area contributed by atoms with E-state index in [4.69, 9.17) is 0 Å². The summed E-state index contributed by atoms with van der Waals surface area (Å²) >= 11 is 3.39. The molecular formula is C17H16BrN3O6. The van der Waals surface area contributed by atoms with E-state index in [0.717, 1.165) is 34.0 Å². The van der Waals surface area contributed by atoms with Crippen LogP contribution in [0.4, 0.5) is 5.69 Å². The number of esters is 1. The summed E-state index contributed by atoms with van der Waals surface area (Å²) in [4.78, 5) is 48.2. The number of nitrogens with zero attached hydrogens (tertiary/aromatic N) is 3. The average molecular weight is 438 g/mol. The third-order valence-corrected chi connectivity index (χ3v) is 4.56. The van der Waals surface area contributed by atoms with Crippen LogP contribution in [0.1, 0.15) is 15.9 Å². The molecule has 0 atom stereocenters. The summed E-state index contributed by atoms with van der Waals surface area (Å²) < 4.78 is 6.14. The fourth-order valence-corrected chi connectivity index (χ4v) is 2.74. The standard InChI is InChI=1S/C17H16BrN3O6/c1-19(8-11-5-3-4-6-14(11)18)15(22)10-20-9-12(21(25)26)7-13(16(20)23)17(24)27-2/h3-7,9H,8,10H2,1-2H3. The summed E-state index contributed by atoms with van der Waals surface area (Å²) in [6.07, 6.45) is 0.930. The molecule has 0 bridgehead atoms. The Morgan fingerprint density at radius 1 is 1.33 bits per heavy atom. The van der Waals surface area contributed by atoms with Crippen LogP contribution in [0.5, 0.6) is 0 Å². The summed E-state index contributed by atoms with van der Waals surface area (Å²) in [5, 5.41) is 11.1. The lowest BCUT2D eigenvalue weighted by atomic mass is 10.2. The van der Waals surface area contributed by atoms with Gasteiger partial charge in [-0.2, -0.15) is 0 Å². The largest absolute Gasteiger partial charge is 0.465 e. The first-order valence-corrected chi connectivity index (χ1v) is 8.48. The lowest BCUT2D eigenvalue weighted by Crippen LogP contribution is -2.35. The minimum Gasteiger partial charge on any atom is -0.465 e. The molecule has 0 N–H and O–H groups in total. The molecule has 10 heteroatoms. The first-order chi connectivity index (χ1) is 12.7. The van der Waals surface area contributed by atoms with Crippen molar-refractivity contribution in [2.24, 2.45) is 0 Å². The number of nitro groups is 1. The molecular weight excluding hydrogens is 422 g/mol. The van der Waals surface area contributed by atoms with Gasteiger partial charge >= 0.3 is 5.97 Å². The van der Waals surface area contributed by atoms with Crippen LogP contribution in [-0.4, -0.2) is 40.4 Å². The zero-order valence-electron chi connectivity index (χ0n) is 14.5. The van der Waals surface area contributed by atoms with Crippen LogP contribution in [0, 0.1) is 10.1 Å². The van der Waals surface area contributed by atoms with Gasteiger partial charge in [-0.25, -0.2) is 4.79 Å². The van der Waals surface area contributed by atoms with E-state index >= 15 is 0 Å². The van der Waals surface area contributed by atoms with Crippen LogP contribution >= 0.6 is 15.9 Å². The van der Waals surface area contributed by atoms with Crippen molar-refractivity contribution >= 4 is 33.5 Å². The normalized spacial score (nSPS) is 10.3. The molecule has 0 unspecified atom stereocenters. The Kier molecular flexibility index (Phi) is 6.45. The Morgan fingerprint density at radius 3 is 2.59 bits per heavy atom. The molecule has 142 valence electrons. The Labute approximate surface area is 162 Å². The minimum atomic E-state index is -1.01. The second-order valence-corrected chi connectivity index (χ2v) is 6.49. The maximum atomic E-state index is 12.5. The van der Waals surface area contributed by atoms with Crippen LogP contribution in [0.2, 0.25) is 0 Å². The van der Waals surface area contributed by atoms with Gasteiger partial charge in [0.2, 0.25) is 5.91 Å². The number of hydrogen-bond donors (Lipinski definition) is 0. The SMILES string of the molecule is COC(=O)c1cc([N+](=O)[O-])cn(CC(=O)N(C)Cc2ccccc2Br)c1=O. The van der Waals surface area contributed by atoms with E-state index in [1.165, 1.54) is 4.90 Å². The predicted octanol–water partition coefficient (Wildman–Crippen LogP) is 1.96. The number of methoxy groups -OCH3 is 1. The number of carbonyl (C=O) groups excluding carboxylic acids is 2. The van der Waals surface area contributed by atoms with Crippen molar-refractivity contribution in [3.05, 3.63) is 72.6 Å². The first kappa shape index (κ1) is 20.3. The Balaban J connectivity index is 2.30. The van der Waals surface area contributed by atoms with Crippen LogP contribution in [0.3, 0.4) is 0 Å². The molecule has 0 radical (unpaired) electrons. The van der Waals surface area contributed by atoms with Crippen LogP contribution in [0.25, 0.3) is 0 Å². The van der Waals surface area contributed by atoms with Gasteiger partial charge in [0.05, 0.1) is 18.2 Å². The Morgan fingerprint density at radius 2 is 2.00 bits per heavy atom. The number of amides is 1. The van der Waals surface area contributed by atoms with Crippen LogP contribution in [-0.2, 0) is 22.6 Å². The number of benzene rings is 1. The van der Waals surface area contributed by atoms with Crippen LogP contribution in [0.15, 0.2) is 45.8 Å². The zero-order valence-corrected chi connectivity index (χ0v) is 16.1. The maximum Gasteiger partial charge on any atom is 0.343 e. The van der Waals surface area contributed by atoms with Gasteiger partial charge in [0, 0.05) is 24.1 Å². The summed E-state index contributed by atoms with van der Waals surface area (Å²) in [5.74, 6) is -1.46. The van der Waals surface area contributed by atoms with Crippen molar-refractivity contribution < 1.29 is 19.2 Å². The maximum absolute atomic E-state index is 12.5. The third-order valence-electron chi connectivity index (χ3n) is 3.78. The molecule has 2 aromatic rings. The molecule has 2 rings (SSSR count). The molecule has 0 aliphatic heterocycles. The predicted molar refractivity (Wildman–Crippen MR) is 99.3 cm³/mol. The van der Waals surface area contributed by atoms with E-state index in [0.29, 0.717) is 0 Å². The molecule has 0 saturated heterocycles. The average Bonchev–Trinajstić information content (AvgIpc) is 2.64. The topological polar surface area (TPSA) is 112 Å². The van der Waals surface area contributed by atoms with E-state index in [9.17, 15) is 24.5 Å². The van der Waals surface area contributed by atoms with E-state index in [1.807, 2.05) is 24.3 Å². The molecule has 1 aromatic carbocycles. The quantitative estimate of drug-likeness (QED) is 0.387. The van der Waals surface area contributed by atoms with Crippen molar-refractivity contribution in [3.63, 3.8) is 0 Å². The summed E-state index contributed by atoms with van der Waals surface area (Å²) in [7, 11) is 2.60. The summed E-state index contributed by atoms with van der Waals surface area (Å²) in [5.41, 5.74) is -0.978. The second kappa shape index (κ2) is 8.58. The summed E-state index contributed by atoms with van der Waals surface area (Å²) in [6, 6.07) is 8.17. The van der Waals surface area contributed by atoms with Crippen molar-refractivity contribution in [1.29, 1.82) is 0 Å². The number of aromatic nitrogens is 1. The molecule has 9 nitrogen and oxygen atoms in total. The number of pyridine rings is 1. The van der Waals surface area contributed by atoms with E-state index in [-0.39, 0.29) is 6.54 Å². The molecule has 0 fully saturated rings. The number of hydrogen-bond acceptors (Lipinski definition) is 6.